The minimum Gasteiger partial charge on any atom is -0.449 e. The fraction of sp³-hybridized carbons (Fsp3) is 0.632. The average Bonchev–Trinajstić information content (AvgIpc) is 2.82. The molecular weight excluding hydrogens is 352 g/mol. The van der Waals surface area contributed by atoms with Crippen molar-refractivity contribution >= 4 is 34.1 Å². The average molecular weight is 381 g/mol. The van der Waals surface area contributed by atoms with E-state index in [1.54, 1.807) is 6.92 Å². The van der Waals surface area contributed by atoms with Gasteiger partial charge in [-0.15, -0.1) is 11.3 Å². The number of amides is 2. The van der Waals surface area contributed by atoms with Crippen LogP contribution in [0.25, 0.3) is 0 Å². The number of esters is 1. The first kappa shape index (κ1) is 20.4. The Morgan fingerprint density at radius 2 is 1.85 bits per heavy atom. The molecule has 26 heavy (non-hydrogen) atoms. The van der Waals surface area contributed by atoms with E-state index in [0.29, 0.717) is 16.5 Å². The van der Waals surface area contributed by atoms with Gasteiger partial charge in [0.05, 0.1) is 5.56 Å². The predicted molar refractivity (Wildman–Crippen MR) is 103 cm³/mol. The van der Waals surface area contributed by atoms with Crippen molar-refractivity contribution in [2.24, 2.45) is 5.92 Å². The van der Waals surface area contributed by atoms with Crippen molar-refractivity contribution in [3.8, 4) is 0 Å². The molecule has 144 valence electrons. The number of aryl methyl sites for hydroxylation is 1. The summed E-state index contributed by atoms with van der Waals surface area (Å²) in [6.07, 6.45) is 3.48. The third-order valence-electron chi connectivity index (χ3n) is 4.97. The minimum absolute atomic E-state index is 0.137. The van der Waals surface area contributed by atoms with E-state index in [1.807, 2.05) is 13.8 Å². The largest absolute Gasteiger partial charge is 0.449 e. The van der Waals surface area contributed by atoms with Gasteiger partial charge in [-0.25, -0.2) is 4.79 Å². The van der Waals surface area contributed by atoms with Crippen LogP contribution in [0.15, 0.2) is 0 Å². The molecule has 0 radical (unpaired) electrons. The molecule has 7 heteroatoms. The second kappa shape index (κ2) is 8.66. The lowest BCUT2D eigenvalue weighted by molar-refractivity contribution is -0.130. The Kier molecular flexibility index (Phi) is 6.81. The Labute approximate surface area is 158 Å². The van der Waals surface area contributed by atoms with E-state index < -0.39 is 12.1 Å². The minimum atomic E-state index is -0.888. The monoisotopic (exact) mass is 380 g/mol. The zero-order valence-electron chi connectivity index (χ0n) is 16.1. The Balaban J connectivity index is 2.04. The maximum atomic E-state index is 12.6. The van der Waals surface area contributed by atoms with Gasteiger partial charge in [-0.1, -0.05) is 19.8 Å². The Morgan fingerprint density at radius 1 is 1.19 bits per heavy atom. The standard InChI is InChI=1S/C19H28N2O4S/c1-10-8-6-7-9-15(10)21-17(23)12(3)25-19(24)16-11(2)13(4)26-18(16)20-14(5)22/h10,12,15H,6-9H2,1-5H3,(H,20,22)(H,21,23)/t10-,12-,15-/m0/s1. The van der Waals surface area contributed by atoms with Crippen LogP contribution in [0.1, 0.15) is 67.3 Å². The number of carbonyl (C=O) groups is 3. The quantitative estimate of drug-likeness (QED) is 0.765. The normalized spacial score (nSPS) is 21.0. The Bertz CT molecular complexity index is 698. The summed E-state index contributed by atoms with van der Waals surface area (Å²) < 4.78 is 5.40. The lowest BCUT2D eigenvalue weighted by Crippen LogP contribution is -2.46. The lowest BCUT2D eigenvalue weighted by Gasteiger charge is -2.30. The zero-order valence-corrected chi connectivity index (χ0v) is 16.9. The lowest BCUT2D eigenvalue weighted by atomic mass is 9.86. The van der Waals surface area contributed by atoms with Crippen LogP contribution in [-0.4, -0.2) is 29.9 Å². The second-order valence-electron chi connectivity index (χ2n) is 7.09. The van der Waals surface area contributed by atoms with Crippen LogP contribution in [0.5, 0.6) is 0 Å². The SMILES string of the molecule is CC(=O)Nc1sc(C)c(C)c1C(=O)O[C@@H](C)C(=O)N[C@H]1CCCC[C@@H]1C. The molecule has 0 bridgehead atoms. The van der Waals surface area contributed by atoms with Gasteiger partial charge < -0.3 is 15.4 Å². The first-order chi connectivity index (χ1) is 12.2. The predicted octanol–water partition coefficient (Wildman–Crippen LogP) is 3.56. The fourth-order valence-electron chi connectivity index (χ4n) is 3.22. The van der Waals surface area contributed by atoms with Crippen molar-refractivity contribution in [2.75, 3.05) is 5.32 Å². The summed E-state index contributed by atoms with van der Waals surface area (Å²) in [5, 5.41) is 6.14. The first-order valence-corrected chi connectivity index (χ1v) is 9.91. The summed E-state index contributed by atoms with van der Waals surface area (Å²) in [6.45, 7) is 8.79. The van der Waals surface area contributed by atoms with E-state index in [9.17, 15) is 14.4 Å². The number of anilines is 1. The molecule has 2 N–H and O–H groups in total. The summed E-state index contributed by atoms with van der Waals surface area (Å²) in [6, 6.07) is 0.137. The molecule has 3 atom stereocenters. The van der Waals surface area contributed by atoms with Gasteiger partial charge in [0.2, 0.25) is 5.91 Å². The van der Waals surface area contributed by atoms with E-state index in [4.69, 9.17) is 4.74 Å². The molecule has 1 aliphatic carbocycles. The molecule has 1 saturated carbocycles. The number of ether oxygens (including phenoxy) is 1. The molecule has 6 nitrogen and oxygen atoms in total. The van der Waals surface area contributed by atoms with Gasteiger partial charge in [0.1, 0.15) is 5.00 Å². The Hall–Kier alpha value is -1.89. The van der Waals surface area contributed by atoms with Crippen molar-refractivity contribution in [1.82, 2.24) is 5.32 Å². The number of carbonyl (C=O) groups excluding carboxylic acids is 3. The maximum Gasteiger partial charge on any atom is 0.342 e. The van der Waals surface area contributed by atoms with Crippen LogP contribution in [0.2, 0.25) is 0 Å². The molecule has 0 aliphatic heterocycles. The summed E-state index contributed by atoms with van der Waals surface area (Å²) in [5.74, 6) is -0.682. The second-order valence-corrected chi connectivity index (χ2v) is 8.32. The molecule has 0 saturated heterocycles. The zero-order chi connectivity index (χ0) is 19.4. The molecule has 0 unspecified atom stereocenters. The van der Waals surface area contributed by atoms with Gasteiger partial charge in [0, 0.05) is 17.8 Å². The maximum absolute atomic E-state index is 12.6. The number of rotatable bonds is 5. The summed E-state index contributed by atoms with van der Waals surface area (Å²) in [5.41, 5.74) is 1.09. The van der Waals surface area contributed by atoms with Crippen molar-refractivity contribution in [3.05, 3.63) is 16.0 Å². The van der Waals surface area contributed by atoms with E-state index in [2.05, 4.69) is 17.6 Å². The molecule has 2 amide bonds. The van der Waals surface area contributed by atoms with Gasteiger partial charge in [-0.3, -0.25) is 9.59 Å². The highest BCUT2D eigenvalue weighted by Gasteiger charge is 2.28. The van der Waals surface area contributed by atoms with Crippen LogP contribution in [0, 0.1) is 19.8 Å². The third-order valence-corrected chi connectivity index (χ3v) is 6.09. The van der Waals surface area contributed by atoms with Crippen LogP contribution < -0.4 is 10.6 Å². The van der Waals surface area contributed by atoms with Crippen molar-refractivity contribution in [2.45, 2.75) is 72.4 Å². The van der Waals surface area contributed by atoms with Crippen LogP contribution >= 0.6 is 11.3 Å². The molecule has 1 heterocycles. The van der Waals surface area contributed by atoms with Gasteiger partial charge in [-0.05, 0) is 45.1 Å². The number of hydrogen-bond donors (Lipinski definition) is 2. The van der Waals surface area contributed by atoms with Gasteiger partial charge in [0.25, 0.3) is 5.91 Å². The van der Waals surface area contributed by atoms with Crippen LogP contribution in [-0.2, 0) is 14.3 Å². The molecule has 1 aliphatic rings. The first-order valence-electron chi connectivity index (χ1n) is 9.09. The fourth-order valence-corrected chi connectivity index (χ4v) is 4.32. The molecular formula is C19H28N2O4S. The highest BCUT2D eigenvalue weighted by Crippen LogP contribution is 2.33. The van der Waals surface area contributed by atoms with Crippen molar-refractivity contribution in [1.29, 1.82) is 0 Å². The van der Waals surface area contributed by atoms with Crippen molar-refractivity contribution in [3.63, 3.8) is 0 Å². The third kappa shape index (κ3) is 4.84. The van der Waals surface area contributed by atoms with Gasteiger partial charge >= 0.3 is 5.97 Å². The van der Waals surface area contributed by atoms with E-state index in [1.165, 1.54) is 24.7 Å². The number of hydrogen-bond acceptors (Lipinski definition) is 5. The molecule has 0 aromatic carbocycles. The van der Waals surface area contributed by atoms with Gasteiger partial charge in [0.15, 0.2) is 6.10 Å². The number of nitrogens with one attached hydrogen (secondary N) is 2. The van der Waals surface area contributed by atoms with Gasteiger partial charge in [-0.2, -0.15) is 0 Å². The van der Waals surface area contributed by atoms with E-state index in [0.717, 1.165) is 29.7 Å². The van der Waals surface area contributed by atoms with Crippen LogP contribution in [0.4, 0.5) is 5.00 Å². The number of thiophene rings is 1. The van der Waals surface area contributed by atoms with Crippen LogP contribution in [0.3, 0.4) is 0 Å². The topological polar surface area (TPSA) is 84.5 Å². The molecule has 2 rings (SSSR count). The van der Waals surface area contributed by atoms with Crippen molar-refractivity contribution < 1.29 is 19.1 Å². The molecule has 1 fully saturated rings. The summed E-state index contributed by atoms with van der Waals surface area (Å²) in [7, 11) is 0. The van der Waals surface area contributed by atoms with E-state index >= 15 is 0 Å². The molecule has 1 aromatic heterocycles. The highest BCUT2D eigenvalue weighted by atomic mass is 32.1. The highest BCUT2D eigenvalue weighted by molar-refractivity contribution is 7.16. The molecule has 1 aromatic rings. The summed E-state index contributed by atoms with van der Waals surface area (Å²) >= 11 is 1.33. The smallest absolute Gasteiger partial charge is 0.342 e. The van der Waals surface area contributed by atoms with E-state index in [-0.39, 0.29) is 17.9 Å². The summed E-state index contributed by atoms with van der Waals surface area (Å²) in [4.78, 5) is 37.3. The Morgan fingerprint density at radius 3 is 2.46 bits per heavy atom. The molecule has 0 spiro atoms.